The third-order valence-corrected chi connectivity index (χ3v) is 3.96. The lowest BCUT2D eigenvalue weighted by molar-refractivity contribution is 0.190. The van der Waals surface area contributed by atoms with Gasteiger partial charge in [0.1, 0.15) is 17.2 Å². The highest BCUT2D eigenvalue weighted by molar-refractivity contribution is 5.49. The van der Waals surface area contributed by atoms with E-state index < -0.39 is 6.10 Å². The second-order valence-corrected chi connectivity index (χ2v) is 5.43. The molecule has 21 heavy (non-hydrogen) atoms. The SMILES string of the molecule is COc1cccc(Oc2ccc3c(c2)CCC3)c1[C@@H](C)O. The summed E-state index contributed by atoms with van der Waals surface area (Å²) >= 11 is 0. The van der Waals surface area contributed by atoms with Gasteiger partial charge in [-0.2, -0.15) is 0 Å². The molecule has 1 aliphatic rings. The number of aliphatic hydroxyl groups is 1. The van der Waals surface area contributed by atoms with E-state index in [4.69, 9.17) is 9.47 Å². The molecule has 0 saturated carbocycles. The molecule has 0 radical (unpaired) electrons. The molecule has 0 aliphatic heterocycles. The molecule has 1 aliphatic carbocycles. The first kappa shape index (κ1) is 14.0. The molecular formula is C18H20O3. The van der Waals surface area contributed by atoms with Gasteiger partial charge in [-0.15, -0.1) is 0 Å². The fourth-order valence-electron chi connectivity index (χ4n) is 2.94. The third kappa shape index (κ3) is 2.74. The van der Waals surface area contributed by atoms with Gasteiger partial charge >= 0.3 is 0 Å². The highest BCUT2D eigenvalue weighted by Gasteiger charge is 2.17. The number of methoxy groups -OCH3 is 1. The summed E-state index contributed by atoms with van der Waals surface area (Å²) in [5.41, 5.74) is 3.47. The summed E-state index contributed by atoms with van der Waals surface area (Å²) < 4.78 is 11.3. The van der Waals surface area contributed by atoms with Gasteiger partial charge in [0.25, 0.3) is 0 Å². The first-order valence-corrected chi connectivity index (χ1v) is 7.33. The van der Waals surface area contributed by atoms with E-state index in [0.29, 0.717) is 17.1 Å². The summed E-state index contributed by atoms with van der Waals surface area (Å²) in [5.74, 6) is 2.09. The Balaban J connectivity index is 1.94. The first-order valence-electron chi connectivity index (χ1n) is 7.33. The number of aryl methyl sites for hydroxylation is 2. The van der Waals surface area contributed by atoms with Crippen LogP contribution in [0.4, 0.5) is 0 Å². The predicted molar refractivity (Wildman–Crippen MR) is 82.2 cm³/mol. The Morgan fingerprint density at radius 1 is 1.05 bits per heavy atom. The summed E-state index contributed by atoms with van der Waals surface area (Å²) in [4.78, 5) is 0. The number of benzene rings is 2. The van der Waals surface area contributed by atoms with Crippen molar-refractivity contribution in [2.45, 2.75) is 32.3 Å². The maximum absolute atomic E-state index is 9.99. The molecule has 0 unspecified atom stereocenters. The first-order chi connectivity index (χ1) is 10.2. The van der Waals surface area contributed by atoms with Gasteiger partial charge in [-0.25, -0.2) is 0 Å². The van der Waals surface area contributed by atoms with Crippen LogP contribution in [-0.2, 0) is 12.8 Å². The van der Waals surface area contributed by atoms with Crippen LogP contribution in [0.25, 0.3) is 0 Å². The molecule has 0 amide bonds. The number of fused-ring (bicyclic) bond motifs is 1. The lowest BCUT2D eigenvalue weighted by Gasteiger charge is -2.17. The molecule has 0 bridgehead atoms. The van der Waals surface area contributed by atoms with Crippen molar-refractivity contribution in [1.29, 1.82) is 0 Å². The molecule has 2 aromatic rings. The van der Waals surface area contributed by atoms with Crippen molar-refractivity contribution < 1.29 is 14.6 Å². The van der Waals surface area contributed by atoms with E-state index in [1.54, 1.807) is 14.0 Å². The summed E-state index contributed by atoms with van der Waals surface area (Å²) in [6.07, 6.45) is 2.85. The van der Waals surface area contributed by atoms with Crippen LogP contribution < -0.4 is 9.47 Å². The Morgan fingerprint density at radius 3 is 2.57 bits per heavy atom. The van der Waals surface area contributed by atoms with Crippen molar-refractivity contribution in [1.82, 2.24) is 0 Å². The molecular weight excluding hydrogens is 264 g/mol. The van der Waals surface area contributed by atoms with Crippen LogP contribution in [0.15, 0.2) is 36.4 Å². The van der Waals surface area contributed by atoms with Crippen molar-refractivity contribution in [3.63, 3.8) is 0 Å². The molecule has 1 N–H and O–H groups in total. The van der Waals surface area contributed by atoms with Crippen LogP contribution in [0.1, 0.15) is 36.1 Å². The fraction of sp³-hybridized carbons (Fsp3) is 0.333. The number of hydrogen-bond acceptors (Lipinski definition) is 3. The Morgan fingerprint density at radius 2 is 1.81 bits per heavy atom. The number of rotatable bonds is 4. The van der Waals surface area contributed by atoms with Crippen LogP contribution in [0, 0.1) is 0 Å². The molecule has 0 heterocycles. The van der Waals surface area contributed by atoms with E-state index in [2.05, 4.69) is 12.1 Å². The van der Waals surface area contributed by atoms with Crippen molar-refractivity contribution in [2.75, 3.05) is 7.11 Å². The summed E-state index contributed by atoms with van der Waals surface area (Å²) in [6.45, 7) is 1.72. The summed E-state index contributed by atoms with van der Waals surface area (Å²) in [6, 6.07) is 11.8. The highest BCUT2D eigenvalue weighted by atomic mass is 16.5. The van der Waals surface area contributed by atoms with E-state index in [1.807, 2.05) is 24.3 Å². The largest absolute Gasteiger partial charge is 0.496 e. The van der Waals surface area contributed by atoms with Crippen molar-refractivity contribution in [3.05, 3.63) is 53.1 Å². The topological polar surface area (TPSA) is 38.7 Å². The Bertz CT molecular complexity index is 647. The van der Waals surface area contributed by atoms with Gasteiger partial charge in [0.05, 0.1) is 18.8 Å². The standard InChI is InChI=1S/C18H20O3/c1-12(19)18-16(20-2)7-4-8-17(18)21-15-10-9-13-5-3-6-14(13)11-15/h4,7-12,19H,3,5-6H2,1-2H3/t12-/m1/s1. The molecule has 3 rings (SSSR count). The Labute approximate surface area is 125 Å². The van der Waals surface area contributed by atoms with Crippen molar-refractivity contribution in [2.24, 2.45) is 0 Å². The van der Waals surface area contributed by atoms with Gasteiger partial charge < -0.3 is 14.6 Å². The Kier molecular flexibility index (Phi) is 3.84. The average molecular weight is 284 g/mol. The average Bonchev–Trinajstić information content (AvgIpc) is 2.94. The van der Waals surface area contributed by atoms with Crippen LogP contribution in [0.5, 0.6) is 17.2 Å². The molecule has 2 aromatic carbocycles. The summed E-state index contributed by atoms with van der Waals surface area (Å²) in [5, 5.41) is 9.99. The zero-order chi connectivity index (χ0) is 14.8. The predicted octanol–water partition coefficient (Wildman–Crippen LogP) is 4.03. The van der Waals surface area contributed by atoms with E-state index >= 15 is 0 Å². The highest BCUT2D eigenvalue weighted by Crippen LogP contribution is 2.37. The molecule has 1 atom stereocenters. The maximum Gasteiger partial charge on any atom is 0.136 e. The zero-order valence-corrected chi connectivity index (χ0v) is 12.4. The molecule has 0 fully saturated rings. The van der Waals surface area contributed by atoms with Gasteiger partial charge in [-0.1, -0.05) is 12.1 Å². The van der Waals surface area contributed by atoms with Crippen LogP contribution >= 0.6 is 0 Å². The molecule has 3 heteroatoms. The van der Waals surface area contributed by atoms with Crippen LogP contribution in [0.2, 0.25) is 0 Å². The third-order valence-electron chi connectivity index (χ3n) is 3.96. The minimum atomic E-state index is -0.648. The minimum absolute atomic E-state index is 0.641. The van der Waals surface area contributed by atoms with E-state index in [1.165, 1.54) is 17.5 Å². The molecule has 0 spiro atoms. The fourth-order valence-corrected chi connectivity index (χ4v) is 2.94. The number of hydrogen-bond donors (Lipinski definition) is 1. The second-order valence-electron chi connectivity index (χ2n) is 5.43. The Hall–Kier alpha value is -2.00. The smallest absolute Gasteiger partial charge is 0.136 e. The molecule has 110 valence electrons. The van der Waals surface area contributed by atoms with Gasteiger partial charge in [0.2, 0.25) is 0 Å². The monoisotopic (exact) mass is 284 g/mol. The molecule has 3 nitrogen and oxygen atoms in total. The number of ether oxygens (including phenoxy) is 2. The van der Waals surface area contributed by atoms with Gasteiger partial charge in [0, 0.05) is 0 Å². The van der Waals surface area contributed by atoms with Crippen molar-refractivity contribution in [3.8, 4) is 17.2 Å². The normalized spacial score (nSPS) is 14.6. The van der Waals surface area contributed by atoms with E-state index in [0.717, 1.165) is 18.6 Å². The lowest BCUT2D eigenvalue weighted by atomic mass is 10.1. The number of aliphatic hydroxyl groups excluding tert-OH is 1. The van der Waals surface area contributed by atoms with E-state index in [-0.39, 0.29) is 0 Å². The zero-order valence-electron chi connectivity index (χ0n) is 12.4. The van der Waals surface area contributed by atoms with Gasteiger partial charge in [0.15, 0.2) is 0 Å². The maximum atomic E-state index is 9.99. The van der Waals surface area contributed by atoms with Crippen LogP contribution in [0.3, 0.4) is 0 Å². The quantitative estimate of drug-likeness (QED) is 0.921. The minimum Gasteiger partial charge on any atom is -0.496 e. The van der Waals surface area contributed by atoms with Gasteiger partial charge in [-0.05, 0) is 61.6 Å². The van der Waals surface area contributed by atoms with Gasteiger partial charge in [-0.3, -0.25) is 0 Å². The van der Waals surface area contributed by atoms with Crippen LogP contribution in [-0.4, -0.2) is 12.2 Å². The van der Waals surface area contributed by atoms with Crippen molar-refractivity contribution >= 4 is 0 Å². The second kappa shape index (κ2) is 5.78. The molecule has 0 saturated heterocycles. The molecule has 0 aromatic heterocycles. The lowest BCUT2D eigenvalue weighted by Crippen LogP contribution is -2.00. The summed E-state index contributed by atoms with van der Waals surface area (Å²) in [7, 11) is 1.60. The van der Waals surface area contributed by atoms with E-state index in [9.17, 15) is 5.11 Å².